The minimum Gasteiger partial charge on any atom is -0.854 e. The minimum absolute atomic E-state index is 0. The summed E-state index contributed by atoms with van der Waals surface area (Å²) in [6.07, 6.45) is 0. The molecule has 0 N–H and O–H groups in total. The molecule has 0 aromatic heterocycles. The maximum atomic E-state index is 9.63. The van der Waals surface area contributed by atoms with Crippen molar-refractivity contribution in [3.05, 3.63) is 7.43 Å². The second kappa shape index (κ2) is 9.87. The van der Waals surface area contributed by atoms with E-state index >= 15 is 0 Å². The van der Waals surface area contributed by atoms with Crippen LogP contribution >= 0.6 is 0 Å². The van der Waals surface area contributed by atoms with Gasteiger partial charge in [0.1, 0.15) is 0 Å². The van der Waals surface area contributed by atoms with Crippen molar-refractivity contribution in [3.8, 4) is 0 Å². The second-order valence-electron chi connectivity index (χ2n) is 1.56. The van der Waals surface area contributed by atoms with E-state index in [4.69, 9.17) is 0 Å². The van der Waals surface area contributed by atoms with Gasteiger partial charge in [-0.3, -0.25) is 0 Å². The number of hydrogen-bond donors (Lipinski definition) is 0. The smallest absolute Gasteiger partial charge is 0.854 e. The standard InChI is InChI=1S/C4H9O.CH3.Mg/c1-4(2)3-5;;/h4H,3H2,1-2H3;1H3;/q2*-1;+2. The summed E-state index contributed by atoms with van der Waals surface area (Å²) in [6.45, 7) is 3.88. The molecule has 0 aliphatic heterocycles. The van der Waals surface area contributed by atoms with E-state index in [-0.39, 0.29) is 37.1 Å². The third-order valence-electron chi connectivity index (χ3n) is 0.333. The van der Waals surface area contributed by atoms with Crippen molar-refractivity contribution in [2.45, 2.75) is 13.8 Å². The average molecular weight is 112 g/mol. The van der Waals surface area contributed by atoms with Crippen LogP contribution in [0, 0.1) is 13.3 Å². The summed E-state index contributed by atoms with van der Waals surface area (Å²) >= 11 is 0. The molecule has 1 nitrogen and oxygen atoms in total. The summed E-state index contributed by atoms with van der Waals surface area (Å²) in [5.74, 6) is 0.329. The van der Waals surface area contributed by atoms with Gasteiger partial charge in [0, 0.05) is 0 Å². The van der Waals surface area contributed by atoms with Crippen LogP contribution in [0.25, 0.3) is 0 Å². The molecule has 0 unspecified atom stereocenters. The van der Waals surface area contributed by atoms with Gasteiger partial charge in [-0.05, 0) is 0 Å². The fourth-order valence-corrected chi connectivity index (χ4v) is 0. The van der Waals surface area contributed by atoms with Crippen LogP contribution in [0.1, 0.15) is 13.8 Å². The molecule has 0 saturated carbocycles. The third-order valence-corrected chi connectivity index (χ3v) is 0.333. The van der Waals surface area contributed by atoms with Crippen molar-refractivity contribution >= 4 is 23.1 Å². The Hall–Kier alpha value is 0.726. The van der Waals surface area contributed by atoms with Gasteiger partial charge in [0.2, 0.25) is 0 Å². The molecule has 2 heteroatoms. The molecule has 0 aliphatic carbocycles. The molecule has 0 spiro atoms. The van der Waals surface area contributed by atoms with Gasteiger partial charge in [-0.15, -0.1) is 6.61 Å². The summed E-state index contributed by atoms with van der Waals surface area (Å²) in [5, 5.41) is 9.63. The summed E-state index contributed by atoms with van der Waals surface area (Å²) in [7, 11) is 0. The molecule has 0 atom stereocenters. The van der Waals surface area contributed by atoms with Crippen molar-refractivity contribution in [1.82, 2.24) is 0 Å². The van der Waals surface area contributed by atoms with Gasteiger partial charge in [0.05, 0.1) is 0 Å². The molecule has 0 rings (SSSR count). The maximum Gasteiger partial charge on any atom is 2.00 e. The van der Waals surface area contributed by atoms with Gasteiger partial charge >= 0.3 is 23.1 Å². The maximum absolute atomic E-state index is 9.63. The fraction of sp³-hybridized carbons (Fsp3) is 0.800. The normalized spacial score (nSPS) is 6.86. The molecule has 0 bridgehead atoms. The largest absolute Gasteiger partial charge is 2.00 e. The van der Waals surface area contributed by atoms with Crippen LogP contribution in [-0.4, -0.2) is 29.7 Å². The van der Waals surface area contributed by atoms with Gasteiger partial charge in [0.15, 0.2) is 0 Å². The van der Waals surface area contributed by atoms with E-state index in [2.05, 4.69) is 0 Å². The van der Waals surface area contributed by atoms with Crippen molar-refractivity contribution in [2.24, 2.45) is 5.92 Å². The topological polar surface area (TPSA) is 23.1 Å². The first kappa shape index (κ1) is 15.6. The monoisotopic (exact) mass is 112 g/mol. The third kappa shape index (κ3) is 20.2. The van der Waals surface area contributed by atoms with E-state index in [1.165, 1.54) is 0 Å². The minimum atomic E-state index is 0. The van der Waals surface area contributed by atoms with Gasteiger partial charge in [-0.1, -0.05) is 19.8 Å². The number of hydrogen-bond acceptors (Lipinski definition) is 1. The van der Waals surface area contributed by atoms with Crippen LogP contribution in [-0.2, 0) is 0 Å². The first-order chi connectivity index (χ1) is 2.27. The van der Waals surface area contributed by atoms with E-state index in [0.29, 0.717) is 5.92 Å². The Bertz CT molecular complexity index is 22.0. The molecule has 40 valence electrons. The van der Waals surface area contributed by atoms with Gasteiger partial charge < -0.3 is 12.5 Å². The quantitative estimate of drug-likeness (QED) is 0.348. The van der Waals surface area contributed by atoms with Crippen molar-refractivity contribution in [1.29, 1.82) is 0 Å². The molecule has 0 amide bonds. The van der Waals surface area contributed by atoms with Gasteiger partial charge in [-0.2, -0.15) is 0 Å². The van der Waals surface area contributed by atoms with Crippen LogP contribution in [0.2, 0.25) is 0 Å². The molecule has 0 aliphatic rings. The van der Waals surface area contributed by atoms with Crippen molar-refractivity contribution in [2.75, 3.05) is 6.61 Å². The zero-order chi connectivity index (χ0) is 4.28. The predicted octanol–water partition coefficient (Wildman–Crippen LogP) is 0.0722. The summed E-state index contributed by atoms with van der Waals surface area (Å²) in [4.78, 5) is 0. The van der Waals surface area contributed by atoms with E-state index in [1.54, 1.807) is 0 Å². The Morgan fingerprint density at radius 3 is 1.57 bits per heavy atom. The molecule has 0 radical (unpaired) electrons. The van der Waals surface area contributed by atoms with Gasteiger partial charge in [-0.25, -0.2) is 0 Å². The fourth-order valence-electron chi connectivity index (χ4n) is 0. The van der Waals surface area contributed by atoms with Crippen molar-refractivity contribution in [3.63, 3.8) is 0 Å². The molecule has 0 fully saturated rings. The molecule has 0 saturated heterocycles. The molecular weight excluding hydrogens is 100 g/mol. The Kier molecular flexibility index (Phi) is 22.1. The van der Waals surface area contributed by atoms with Crippen LogP contribution < -0.4 is 5.11 Å². The van der Waals surface area contributed by atoms with Crippen LogP contribution in [0.4, 0.5) is 0 Å². The van der Waals surface area contributed by atoms with E-state index < -0.39 is 0 Å². The summed E-state index contributed by atoms with van der Waals surface area (Å²) < 4.78 is 0. The molecule has 0 aromatic carbocycles. The van der Waals surface area contributed by atoms with Crippen LogP contribution in [0.3, 0.4) is 0 Å². The molecule has 7 heavy (non-hydrogen) atoms. The van der Waals surface area contributed by atoms with E-state index in [9.17, 15) is 5.11 Å². The Balaban J connectivity index is -0.0000000800. The second-order valence-corrected chi connectivity index (χ2v) is 1.56. The first-order valence-electron chi connectivity index (χ1n) is 1.85. The predicted molar refractivity (Wildman–Crippen MR) is 31.9 cm³/mol. The Labute approximate surface area is 62.3 Å². The zero-order valence-corrected chi connectivity index (χ0v) is 6.81. The van der Waals surface area contributed by atoms with Crippen LogP contribution in [0.15, 0.2) is 0 Å². The first-order valence-corrected chi connectivity index (χ1v) is 1.85. The molecular formula is C5H12MgO. The summed E-state index contributed by atoms with van der Waals surface area (Å²) in [5.41, 5.74) is 0. The SMILES string of the molecule is CC(C)C[O-].[CH3-].[Mg+2]. The van der Waals surface area contributed by atoms with E-state index in [1.807, 2.05) is 13.8 Å². The summed E-state index contributed by atoms with van der Waals surface area (Å²) in [6, 6.07) is 0. The van der Waals surface area contributed by atoms with E-state index in [0.717, 1.165) is 0 Å². The van der Waals surface area contributed by atoms with Gasteiger partial charge in [0.25, 0.3) is 0 Å². The Morgan fingerprint density at radius 1 is 1.43 bits per heavy atom. The number of rotatable bonds is 1. The average Bonchev–Trinajstić information content (AvgIpc) is 1.38. The molecule has 0 heterocycles. The van der Waals surface area contributed by atoms with Crippen LogP contribution in [0.5, 0.6) is 0 Å². The Morgan fingerprint density at radius 2 is 1.57 bits per heavy atom. The van der Waals surface area contributed by atoms with Crippen molar-refractivity contribution < 1.29 is 5.11 Å². The molecule has 0 aromatic rings. The zero-order valence-electron chi connectivity index (χ0n) is 5.40.